The van der Waals surface area contributed by atoms with Crippen molar-refractivity contribution in [2.24, 2.45) is 5.73 Å². The molecule has 1 atom stereocenters. The van der Waals surface area contributed by atoms with Crippen LogP contribution in [0.4, 0.5) is 0 Å². The number of amides is 2. The molecule has 1 aromatic carbocycles. The first-order valence-corrected chi connectivity index (χ1v) is 6.85. The van der Waals surface area contributed by atoms with Crippen molar-refractivity contribution in [3.63, 3.8) is 0 Å². The van der Waals surface area contributed by atoms with E-state index in [1.165, 1.54) is 0 Å². The van der Waals surface area contributed by atoms with Gasteiger partial charge in [0.2, 0.25) is 0 Å². The third kappa shape index (κ3) is 4.66. The van der Waals surface area contributed by atoms with Gasteiger partial charge < -0.3 is 16.0 Å². The summed E-state index contributed by atoms with van der Waals surface area (Å²) >= 11 is 0. The molecule has 3 N–H and O–H groups in total. The van der Waals surface area contributed by atoms with Crippen molar-refractivity contribution in [3.8, 4) is 0 Å². The molecule has 0 saturated heterocycles. The van der Waals surface area contributed by atoms with Crippen LogP contribution in [0.15, 0.2) is 24.3 Å². The maximum absolute atomic E-state index is 12.0. The average Bonchev–Trinajstić information content (AvgIpc) is 2.45. The fourth-order valence-corrected chi connectivity index (χ4v) is 1.67. The standard InChI is InChI=1S/C15H23N3O2/c1-4-18(3)15(20)13-7-5-6-12(10-13)14(19)17-9-8-11(2)16/h5-7,10-11H,4,8-9,16H2,1-3H3,(H,17,19). The summed E-state index contributed by atoms with van der Waals surface area (Å²) < 4.78 is 0. The molecule has 0 saturated carbocycles. The third-order valence-corrected chi connectivity index (χ3v) is 3.08. The van der Waals surface area contributed by atoms with E-state index in [4.69, 9.17) is 5.73 Å². The van der Waals surface area contributed by atoms with Crippen LogP contribution in [0.3, 0.4) is 0 Å². The van der Waals surface area contributed by atoms with Gasteiger partial charge in [-0.1, -0.05) is 6.07 Å². The summed E-state index contributed by atoms with van der Waals surface area (Å²) in [6, 6.07) is 6.81. The van der Waals surface area contributed by atoms with E-state index < -0.39 is 0 Å². The molecule has 0 aliphatic rings. The van der Waals surface area contributed by atoms with Crippen LogP contribution in [0.25, 0.3) is 0 Å². The van der Waals surface area contributed by atoms with Gasteiger partial charge in [0.15, 0.2) is 0 Å². The summed E-state index contributed by atoms with van der Waals surface area (Å²) in [4.78, 5) is 25.6. The first kappa shape index (κ1) is 16.2. The molecular formula is C15H23N3O2. The minimum atomic E-state index is -0.181. The summed E-state index contributed by atoms with van der Waals surface area (Å²) in [6.07, 6.45) is 0.725. The quantitative estimate of drug-likeness (QED) is 0.821. The lowest BCUT2D eigenvalue weighted by atomic mass is 10.1. The Morgan fingerprint density at radius 2 is 2.00 bits per heavy atom. The van der Waals surface area contributed by atoms with Crippen LogP contribution in [-0.4, -0.2) is 42.9 Å². The summed E-state index contributed by atoms with van der Waals surface area (Å²) in [6.45, 7) is 4.96. The van der Waals surface area contributed by atoms with Gasteiger partial charge in [-0.15, -0.1) is 0 Å². The number of benzene rings is 1. The number of carbonyl (C=O) groups is 2. The van der Waals surface area contributed by atoms with E-state index in [-0.39, 0.29) is 17.9 Å². The average molecular weight is 277 g/mol. The Morgan fingerprint density at radius 1 is 1.35 bits per heavy atom. The molecular weight excluding hydrogens is 254 g/mol. The molecule has 0 aliphatic carbocycles. The van der Waals surface area contributed by atoms with Gasteiger partial charge in [-0.05, 0) is 38.5 Å². The van der Waals surface area contributed by atoms with Crippen LogP contribution >= 0.6 is 0 Å². The highest BCUT2D eigenvalue weighted by molar-refractivity contribution is 5.99. The number of rotatable bonds is 6. The number of nitrogens with two attached hydrogens (primary N) is 1. The Bertz CT molecular complexity index is 472. The van der Waals surface area contributed by atoms with Gasteiger partial charge in [0.1, 0.15) is 0 Å². The zero-order valence-electron chi connectivity index (χ0n) is 12.3. The minimum Gasteiger partial charge on any atom is -0.352 e. The fourth-order valence-electron chi connectivity index (χ4n) is 1.67. The Hall–Kier alpha value is -1.88. The van der Waals surface area contributed by atoms with Crippen molar-refractivity contribution in [1.29, 1.82) is 0 Å². The molecule has 1 unspecified atom stereocenters. The van der Waals surface area contributed by atoms with E-state index in [0.29, 0.717) is 24.2 Å². The normalized spacial score (nSPS) is 11.8. The van der Waals surface area contributed by atoms with Crippen LogP contribution < -0.4 is 11.1 Å². The maximum Gasteiger partial charge on any atom is 0.253 e. The van der Waals surface area contributed by atoms with Gasteiger partial charge in [0.25, 0.3) is 11.8 Å². The van der Waals surface area contributed by atoms with Gasteiger partial charge in [-0.3, -0.25) is 9.59 Å². The Morgan fingerprint density at radius 3 is 2.60 bits per heavy atom. The van der Waals surface area contributed by atoms with E-state index in [1.54, 1.807) is 36.2 Å². The molecule has 110 valence electrons. The smallest absolute Gasteiger partial charge is 0.253 e. The van der Waals surface area contributed by atoms with E-state index in [0.717, 1.165) is 6.42 Å². The Balaban J connectivity index is 2.72. The lowest BCUT2D eigenvalue weighted by Gasteiger charge is -2.15. The van der Waals surface area contributed by atoms with E-state index >= 15 is 0 Å². The van der Waals surface area contributed by atoms with Gasteiger partial charge in [0.05, 0.1) is 0 Å². The lowest BCUT2D eigenvalue weighted by Crippen LogP contribution is -2.29. The number of carbonyl (C=O) groups excluding carboxylic acids is 2. The van der Waals surface area contributed by atoms with Crippen molar-refractivity contribution in [2.75, 3.05) is 20.1 Å². The zero-order chi connectivity index (χ0) is 15.1. The fraction of sp³-hybridized carbons (Fsp3) is 0.467. The van der Waals surface area contributed by atoms with E-state index in [2.05, 4.69) is 5.32 Å². The largest absolute Gasteiger partial charge is 0.352 e. The van der Waals surface area contributed by atoms with Crippen LogP contribution in [0, 0.1) is 0 Å². The van der Waals surface area contributed by atoms with Crippen molar-refractivity contribution in [1.82, 2.24) is 10.2 Å². The van der Waals surface area contributed by atoms with E-state index in [9.17, 15) is 9.59 Å². The second-order valence-corrected chi connectivity index (χ2v) is 4.92. The predicted molar refractivity (Wildman–Crippen MR) is 79.7 cm³/mol. The molecule has 2 amide bonds. The number of nitrogens with zero attached hydrogens (tertiary/aromatic N) is 1. The SMILES string of the molecule is CCN(C)C(=O)c1cccc(C(=O)NCCC(C)N)c1. The molecule has 20 heavy (non-hydrogen) atoms. The summed E-state index contributed by atoms with van der Waals surface area (Å²) in [7, 11) is 1.73. The molecule has 0 radical (unpaired) electrons. The van der Waals surface area contributed by atoms with Crippen molar-refractivity contribution >= 4 is 11.8 Å². The topological polar surface area (TPSA) is 75.4 Å². The molecule has 0 heterocycles. The van der Waals surface area contributed by atoms with Crippen molar-refractivity contribution in [2.45, 2.75) is 26.3 Å². The molecule has 5 nitrogen and oxygen atoms in total. The first-order chi connectivity index (χ1) is 9.45. The molecule has 0 aliphatic heterocycles. The molecule has 1 rings (SSSR count). The summed E-state index contributed by atoms with van der Waals surface area (Å²) in [5.41, 5.74) is 6.64. The summed E-state index contributed by atoms with van der Waals surface area (Å²) in [5.74, 6) is -0.266. The highest BCUT2D eigenvalue weighted by Gasteiger charge is 2.12. The molecule has 0 fully saturated rings. The lowest BCUT2D eigenvalue weighted by molar-refractivity contribution is 0.0802. The summed E-state index contributed by atoms with van der Waals surface area (Å²) in [5, 5.41) is 2.80. The Kier molecular flexibility index (Phi) is 6.18. The second-order valence-electron chi connectivity index (χ2n) is 4.92. The molecule has 0 spiro atoms. The molecule has 0 bridgehead atoms. The number of hydrogen-bond donors (Lipinski definition) is 2. The van der Waals surface area contributed by atoms with E-state index in [1.807, 2.05) is 13.8 Å². The maximum atomic E-state index is 12.0. The molecule has 1 aromatic rings. The third-order valence-electron chi connectivity index (χ3n) is 3.08. The Labute approximate surface area is 120 Å². The van der Waals surface area contributed by atoms with Gasteiger partial charge in [-0.2, -0.15) is 0 Å². The van der Waals surface area contributed by atoms with Crippen LogP contribution in [-0.2, 0) is 0 Å². The van der Waals surface area contributed by atoms with Crippen LogP contribution in [0.1, 0.15) is 41.0 Å². The second kappa shape index (κ2) is 7.65. The predicted octanol–water partition coefficient (Wildman–Crippen LogP) is 1.25. The van der Waals surface area contributed by atoms with Gasteiger partial charge in [-0.25, -0.2) is 0 Å². The highest BCUT2D eigenvalue weighted by atomic mass is 16.2. The number of nitrogens with one attached hydrogen (secondary N) is 1. The zero-order valence-corrected chi connectivity index (χ0v) is 12.3. The van der Waals surface area contributed by atoms with Gasteiger partial charge in [0, 0.05) is 37.3 Å². The minimum absolute atomic E-state index is 0.0569. The first-order valence-electron chi connectivity index (χ1n) is 6.85. The highest BCUT2D eigenvalue weighted by Crippen LogP contribution is 2.08. The monoisotopic (exact) mass is 277 g/mol. The number of hydrogen-bond acceptors (Lipinski definition) is 3. The van der Waals surface area contributed by atoms with Crippen molar-refractivity contribution in [3.05, 3.63) is 35.4 Å². The van der Waals surface area contributed by atoms with Crippen molar-refractivity contribution < 1.29 is 9.59 Å². The molecule has 0 aromatic heterocycles. The van der Waals surface area contributed by atoms with Crippen LogP contribution in [0.2, 0.25) is 0 Å². The molecule has 5 heteroatoms. The van der Waals surface area contributed by atoms with Crippen LogP contribution in [0.5, 0.6) is 0 Å². The van der Waals surface area contributed by atoms with Gasteiger partial charge >= 0.3 is 0 Å².